The van der Waals surface area contributed by atoms with Gasteiger partial charge in [0.15, 0.2) is 10.8 Å². The molecule has 0 radical (unpaired) electrons. The number of thiazole rings is 1. The van der Waals surface area contributed by atoms with Gasteiger partial charge in [-0.2, -0.15) is 5.10 Å². The average Bonchev–Trinajstić information content (AvgIpc) is 3.21. The van der Waals surface area contributed by atoms with Crippen molar-refractivity contribution in [1.82, 2.24) is 19.7 Å². The molecule has 2 aliphatic heterocycles. The number of aliphatic hydroxyl groups is 1. The third-order valence-corrected chi connectivity index (χ3v) is 6.43. The van der Waals surface area contributed by atoms with Gasteiger partial charge >= 0.3 is 0 Å². The predicted molar refractivity (Wildman–Crippen MR) is 93.2 cm³/mol. The van der Waals surface area contributed by atoms with Gasteiger partial charge in [0.1, 0.15) is 0 Å². The normalized spacial score (nSPS) is 22.3. The molecule has 2 saturated heterocycles. The molecular weight excluding hydrogens is 310 g/mol. The smallest absolute Gasteiger partial charge is 0.188 e. The summed E-state index contributed by atoms with van der Waals surface area (Å²) in [5.74, 6) is 0. The number of hydrogen-bond donors (Lipinski definition) is 1. The van der Waals surface area contributed by atoms with Crippen molar-refractivity contribution in [2.75, 3.05) is 37.6 Å². The van der Waals surface area contributed by atoms with Crippen molar-refractivity contribution in [3.05, 3.63) is 5.69 Å². The summed E-state index contributed by atoms with van der Waals surface area (Å²) in [6.45, 7) is 6.94. The molecule has 6 nitrogen and oxygen atoms in total. The van der Waals surface area contributed by atoms with Crippen molar-refractivity contribution in [2.45, 2.75) is 38.2 Å². The molecule has 0 saturated carbocycles. The van der Waals surface area contributed by atoms with Crippen molar-refractivity contribution >= 4 is 26.8 Å². The number of rotatable bonds is 3. The molecule has 2 aromatic rings. The van der Waals surface area contributed by atoms with Gasteiger partial charge in [-0.15, -0.1) is 0 Å². The number of likely N-dealkylation sites (tertiary alicyclic amines) is 1. The lowest BCUT2D eigenvalue weighted by Gasteiger charge is -2.40. The minimum Gasteiger partial charge on any atom is -0.388 e. The quantitative estimate of drug-likeness (QED) is 0.926. The van der Waals surface area contributed by atoms with Crippen LogP contribution in [0.1, 0.15) is 31.4 Å². The fraction of sp³-hybridized carbons (Fsp3) is 0.750. The number of aromatic nitrogens is 3. The van der Waals surface area contributed by atoms with Gasteiger partial charge in [0.2, 0.25) is 0 Å². The molecule has 2 fully saturated rings. The zero-order chi connectivity index (χ0) is 16.0. The van der Waals surface area contributed by atoms with Gasteiger partial charge in [0, 0.05) is 26.7 Å². The van der Waals surface area contributed by atoms with Gasteiger partial charge in [-0.1, -0.05) is 11.3 Å². The van der Waals surface area contributed by atoms with Crippen molar-refractivity contribution in [3.8, 4) is 0 Å². The van der Waals surface area contributed by atoms with Crippen LogP contribution < -0.4 is 4.90 Å². The second-order valence-electron chi connectivity index (χ2n) is 7.05. The van der Waals surface area contributed by atoms with Crippen LogP contribution in [-0.4, -0.2) is 63.1 Å². The monoisotopic (exact) mass is 335 g/mol. The molecule has 126 valence electrons. The summed E-state index contributed by atoms with van der Waals surface area (Å²) in [4.78, 5) is 9.50. The maximum absolute atomic E-state index is 10.9. The number of aryl methyl sites for hydroxylation is 2. The van der Waals surface area contributed by atoms with E-state index >= 15 is 0 Å². The highest BCUT2D eigenvalue weighted by atomic mass is 32.1. The van der Waals surface area contributed by atoms with Crippen LogP contribution in [0.3, 0.4) is 0 Å². The molecule has 1 N–H and O–H groups in total. The van der Waals surface area contributed by atoms with E-state index in [9.17, 15) is 5.11 Å². The van der Waals surface area contributed by atoms with Crippen LogP contribution in [0, 0.1) is 6.92 Å². The molecule has 0 spiro atoms. The summed E-state index contributed by atoms with van der Waals surface area (Å²) in [5.41, 5.74) is 1.50. The molecule has 0 unspecified atom stereocenters. The van der Waals surface area contributed by atoms with E-state index in [1.807, 2.05) is 18.7 Å². The Balaban J connectivity index is 1.44. The van der Waals surface area contributed by atoms with Crippen LogP contribution in [0.25, 0.3) is 10.3 Å². The Bertz CT molecular complexity index is 660. The molecule has 2 aliphatic rings. The Kier molecular flexibility index (Phi) is 3.82. The number of anilines is 1. The van der Waals surface area contributed by atoms with Crippen molar-refractivity contribution in [3.63, 3.8) is 0 Å². The van der Waals surface area contributed by atoms with E-state index in [2.05, 4.69) is 14.9 Å². The molecule has 23 heavy (non-hydrogen) atoms. The van der Waals surface area contributed by atoms with Crippen molar-refractivity contribution in [2.24, 2.45) is 7.05 Å². The largest absolute Gasteiger partial charge is 0.388 e. The first kappa shape index (κ1) is 15.4. The first-order valence-electron chi connectivity index (χ1n) is 8.54. The Morgan fingerprint density at radius 2 is 1.87 bits per heavy atom. The fourth-order valence-electron chi connectivity index (χ4n) is 3.84. The van der Waals surface area contributed by atoms with Crippen LogP contribution >= 0.6 is 11.3 Å². The third-order valence-electron chi connectivity index (χ3n) is 5.21. The number of hydrogen-bond acceptors (Lipinski definition) is 6. The Morgan fingerprint density at radius 3 is 2.52 bits per heavy atom. The van der Waals surface area contributed by atoms with Gasteiger partial charge in [0.25, 0.3) is 0 Å². The van der Waals surface area contributed by atoms with Crippen LogP contribution in [0.15, 0.2) is 0 Å². The summed E-state index contributed by atoms with van der Waals surface area (Å²) in [6.07, 6.45) is 4.22. The van der Waals surface area contributed by atoms with Crippen LogP contribution in [0.4, 0.5) is 5.13 Å². The van der Waals surface area contributed by atoms with Crippen molar-refractivity contribution in [1.29, 1.82) is 0 Å². The van der Waals surface area contributed by atoms with Crippen LogP contribution in [-0.2, 0) is 7.05 Å². The van der Waals surface area contributed by atoms with E-state index in [4.69, 9.17) is 4.98 Å². The Hall–Kier alpha value is -1.18. The molecule has 4 rings (SSSR count). The molecule has 0 aliphatic carbocycles. The van der Waals surface area contributed by atoms with Gasteiger partial charge in [0.05, 0.1) is 16.0 Å². The van der Waals surface area contributed by atoms with Gasteiger partial charge in [-0.25, -0.2) is 9.67 Å². The SMILES string of the molecule is Cc1nn(C)c2nc(N3CCC(O)(CN4CCCC4)CC3)sc12. The zero-order valence-corrected chi connectivity index (χ0v) is 14.8. The van der Waals surface area contributed by atoms with Crippen molar-refractivity contribution < 1.29 is 5.11 Å². The molecule has 0 atom stereocenters. The van der Waals surface area contributed by atoms with E-state index in [0.717, 1.165) is 62.0 Å². The molecule has 2 aromatic heterocycles. The molecule has 0 amide bonds. The maximum Gasteiger partial charge on any atom is 0.188 e. The van der Waals surface area contributed by atoms with Gasteiger partial charge in [-0.05, 0) is 45.7 Å². The second kappa shape index (κ2) is 5.72. The maximum atomic E-state index is 10.9. The minimum atomic E-state index is -0.519. The highest BCUT2D eigenvalue weighted by molar-refractivity contribution is 7.22. The number of piperidine rings is 1. The lowest BCUT2D eigenvalue weighted by atomic mass is 9.91. The fourth-order valence-corrected chi connectivity index (χ4v) is 4.92. The number of fused-ring (bicyclic) bond motifs is 1. The van der Waals surface area contributed by atoms with Crippen LogP contribution in [0.2, 0.25) is 0 Å². The lowest BCUT2D eigenvalue weighted by molar-refractivity contribution is -0.0110. The summed E-state index contributed by atoms with van der Waals surface area (Å²) in [6, 6.07) is 0. The predicted octanol–water partition coefficient (Wildman–Crippen LogP) is 1.77. The first-order valence-corrected chi connectivity index (χ1v) is 9.36. The molecule has 7 heteroatoms. The third kappa shape index (κ3) is 2.86. The lowest BCUT2D eigenvalue weighted by Crippen LogP contribution is -2.50. The molecule has 0 bridgehead atoms. The highest BCUT2D eigenvalue weighted by Gasteiger charge is 2.35. The van der Waals surface area contributed by atoms with Gasteiger partial charge < -0.3 is 14.9 Å². The Morgan fingerprint density at radius 1 is 1.17 bits per heavy atom. The highest BCUT2D eigenvalue weighted by Crippen LogP contribution is 2.34. The average molecular weight is 335 g/mol. The standard InChI is InChI=1S/C16H25N5OS/c1-12-13-14(19(2)18-12)17-15(23-13)21-9-5-16(22,6-10-21)11-20-7-3-4-8-20/h22H,3-11H2,1-2H3. The van der Waals surface area contributed by atoms with E-state index < -0.39 is 5.60 Å². The van der Waals surface area contributed by atoms with E-state index in [1.54, 1.807) is 11.3 Å². The minimum absolute atomic E-state index is 0.519. The van der Waals surface area contributed by atoms with Crippen LogP contribution in [0.5, 0.6) is 0 Å². The topological polar surface area (TPSA) is 57.4 Å². The zero-order valence-electron chi connectivity index (χ0n) is 14.0. The van der Waals surface area contributed by atoms with E-state index in [1.165, 1.54) is 17.5 Å². The summed E-state index contributed by atoms with van der Waals surface area (Å²) >= 11 is 1.72. The van der Waals surface area contributed by atoms with E-state index in [-0.39, 0.29) is 0 Å². The number of β-amino-alcohol motifs (C(OH)–C–C–N with tert-alkyl or cyclic N) is 1. The molecular formula is C16H25N5OS. The first-order chi connectivity index (χ1) is 11.0. The summed E-state index contributed by atoms with van der Waals surface area (Å²) in [7, 11) is 1.95. The second-order valence-corrected chi connectivity index (χ2v) is 8.03. The summed E-state index contributed by atoms with van der Waals surface area (Å²) in [5, 5.41) is 16.4. The van der Waals surface area contributed by atoms with Gasteiger partial charge in [-0.3, -0.25) is 0 Å². The summed E-state index contributed by atoms with van der Waals surface area (Å²) < 4.78 is 3.04. The number of nitrogens with zero attached hydrogens (tertiary/aromatic N) is 5. The molecule has 0 aromatic carbocycles. The Labute approximate surface area is 140 Å². The molecule has 4 heterocycles. The van der Waals surface area contributed by atoms with E-state index in [0.29, 0.717) is 0 Å².